The molecule has 0 spiro atoms. The normalized spacial score (nSPS) is 16.3. The third-order valence-corrected chi connectivity index (χ3v) is 5.75. The van der Waals surface area contributed by atoms with E-state index in [-0.39, 0.29) is 0 Å². The van der Waals surface area contributed by atoms with Crippen molar-refractivity contribution < 1.29 is 5.02 Å². The van der Waals surface area contributed by atoms with E-state index in [0.717, 1.165) is 22.7 Å². The number of allylic oxidation sites excluding steroid dienone is 4. The van der Waals surface area contributed by atoms with Crippen LogP contribution in [0.5, 0.6) is 0 Å². The maximum Gasteiger partial charge on any atom is 0.328 e. The van der Waals surface area contributed by atoms with Gasteiger partial charge in [0.05, 0.1) is 0 Å². The van der Waals surface area contributed by atoms with Gasteiger partial charge in [0.15, 0.2) is 0 Å². The molecule has 0 aliphatic heterocycles. The molecule has 0 amide bonds. The Morgan fingerprint density at radius 1 is 0.714 bits per heavy atom. The largest absolute Gasteiger partial charge is 0.450 e. The summed E-state index contributed by atoms with van der Waals surface area (Å²) in [7, 11) is 1.25. The van der Waals surface area contributed by atoms with Crippen molar-refractivity contribution in [3.8, 4) is 0 Å². The molecular formula is C26H20BO. The van der Waals surface area contributed by atoms with Gasteiger partial charge in [0.25, 0.3) is 0 Å². The van der Waals surface area contributed by atoms with E-state index in [1.807, 2.05) is 12.1 Å². The monoisotopic (exact) mass is 359 g/mol. The van der Waals surface area contributed by atoms with Crippen LogP contribution in [0, 0.1) is 0 Å². The van der Waals surface area contributed by atoms with E-state index in [1.54, 1.807) is 0 Å². The Bertz CT molecular complexity index is 1160. The smallest absolute Gasteiger partial charge is 0.328 e. The fourth-order valence-electron chi connectivity index (χ4n) is 4.50. The minimum Gasteiger partial charge on any atom is -0.450 e. The number of hydrogen-bond acceptors (Lipinski definition) is 1. The second-order valence-electron chi connectivity index (χ2n) is 7.26. The summed E-state index contributed by atoms with van der Waals surface area (Å²) in [5.41, 5.74) is 4.84. The van der Waals surface area contributed by atoms with Crippen LogP contribution in [0.1, 0.15) is 23.5 Å². The molecule has 133 valence electrons. The highest BCUT2D eigenvalue weighted by molar-refractivity contribution is 6.55. The van der Waals surface area contributed by atoms with Crippen LogP contribution < -0.4 is 5.46 Å². The lowest BCUT2D eigenvalue weighted by atomic mass is 9.74. The molecule has 0 bridgehead atoms. The summed E-state index contributed by atoms with van der Waals surface area (Å²) in [6, 6.07) is 27.5. The summed E-state index contributed by atoms with van der Waals surface area (Å²) in [5.74, 6) is 0.321. The van der Waals surface area contributed by atoms with Crippen LogP contribution in [-0.2, 0) is 0 Å². The molecule has 28 heavy (non-hydrogen) atoms. The lowest BCUT2D eigenvalue weighted by Crippen LogP contribution is -2.18. The molecule has 4 aromatic rings. The predicted octanol–water partition coefficient (Wildman–Crippen LogP) is 5.36. The van der Waals surface area contributed by atoms with E-state index in [0.29, 0.717) is 5.92 Å². The number of benzene rings is 4. The van der Waals surface area contributed by atoms with E-state index in [2.05, 4.69) is 85.0 Å². The third-order valence-electron chi connectivity index (χ3n) is 5.75. The van der Waals surface area contributed by atoms with Gasteiger partial charge in [-0.25, -0.2) is 0 Å². The van der Waals surface area contributed by atoms with Crippen LogP contribution in [0.25, 0.3) is 27.1 Å². The van der Waals surface area contributed by atoms with Gasteiger partial charge in [-0.3, -0.25) is 0 Å². The molecule has 1 unspecified atom stereocenters. The first-order chi connectivity index (χ1) is 13.9. The standard InChI is InChI=1S/C26H20BO/c28-27-26-23-16-8-6-14-21(23)25(22-15-7-9-17-24(22)26)20-13-5-4-12-19(20)18-10-2-1-3-11-18/h1-11,13-17,19,28H,12H2. The Balaban J connectivity index is 1.87. The van der Waals surface area contributed by atoms with Gasteiger partial charge in [-0.2, -0.15) is 0 Å². The van der Waals surface area contributed by atoms with Crippen LogP contribution in [0.3, 0.4) is 0 Å². The van der Waals surface area contributed by atoms with Gasteiger partial charge in [-0.15, -0.1) is 0 Å². The molecule has 1 atom stereocenters. The number of rotatable bonds is 3. The second kappa shape index (κ2) is 7.14. The average Bonchev–Trinajstić information content (AvgIpc) is 2.78. The topological polar surface area (TPSA) is 20.2 Å². The van der Waals surface area contributed by atoms with E-state index in [1.165, 1.54) is 35.0 Å². The zero-order chi connectivity index (χ0) is 18.9. The van der Waals surface area contributed by atoms with Crippen LogP contribution in [0.2, 0.25) is 0 Å². The van der Waals surface area contributed by atoms with Crippen molar-refractivity contribution in [2.75, 3.05) is 0 Å². The molecule has 1 nitrogen and oxygen atoms in total. The molecule has 4 aromatic carbocycles. The summed E-state index contributed by atoms with van der Waals surface area (Å²) in [5, 5.41) is 14.6. The maximum atomic E-state index is 10.0. The Kier molecular flexibility index (Phi) is 4.34. The summed E-state index contributed by atoms with van der Waals surface area (Å²) in [4.78, 5) is 0. The van der Waals surface area contributed by atoms with Gasteiger partial charge in [-0.05, 0) is 50.1 Å². The molecule has 1 N–H and O–H groups in total. The van der Waals surface area contributed by atoms with Crippen LogP contribution in [0.4, 0.5) is 0 Å². The Morgan fingerprint density at radius 3 is 1.89 bits per heavy atom. The molecule has 0 saturated heterocycles. The Hall–Kier alpha value is -3.10. The van der Waals surface area contributed by atoms with Gasteiger partial charge in [0.2, 0.25) is 0 Å². The highest BCUT2D eigenvalue weighted by atomic mass is 16.2. The van der Waals surface area contributed by atoms with E-state index in [9.17, 15) is 5.02 Å². The van der Waals surface area contributed by atoms with Crippen molar-refractivity contribution in [3.05, 3.63) is 108 Å². The van der Waals surface area contributed by atoms with Crippen molar-refractivity contribution in [3.63, 3.8) is 0 Å². The van der Waals surface area contributed by atoms with E-state index >= 15 is 0 Å². The first-order valence-electron chi connectivity index (χ1n) is 9.71. The Labute approximate surface area is 165 Å². The third kappa shape index (κ3) is 2.69. The lowest BCUT2D eigenvalue weighted by Gasteiger charge is -2.26. The minimum absolute atomic E-state index is 0.321. The maximum absolute atomic E-state index is 10.0. The highest BCUT2D eigenvalue weighted by Crippen LogP contribution is 2.42. The number of hydrogen-bond donors (Lipinski definition) is 1. The van der Waals surface area contributed by atoms with Gasteiger partial charge in [0.1, 0.15) is 0 Å². The van der Waals surface area contributed by atoms with Crippen LogP contribution in [0.15, 0.2) is 97.1 Å². The summed E-state index contributed by atoms with van der Waals surface area (Å²) in [6.45, 7) is 0. The van der Waals surface area contributed by atoms with Crippen LogP contribution >= 0.6 is 0 Å². The molecule has 0 fully saturated rings. The molecule has 1 radical (unpaired) electrons. The van der Waals surface area contributed by atoms with Gasteiger partial charge in [-0.1, -0.05) is 97.1 Å². The molecular weight excluding hydrogens is 339 g/mol. The molecule has 0 heterocycles. The second-order valence-corrected chi connectivity index (χ2v) is 7.26. The first kappa shape index (κ1) is 17.0. The molecule has 1 aliphatic carbocycles. The first-order valence-corrected chi connectivity index (χ1v) is 9.71. The molecule has 2 heteroatoms. The highest BCUT2D eigenvalue weighted by Gasteiger charge is 2.23. The summed E-state index contributed by atoms with van der Waals surface area (Å²) in [6.07, 6.45) is 7.68. The molecule has 5 rings (SSSR count). The van der Waals surface area contributed by atoms with Crippen molar-refractivity contribution in [2.45, 2.75) is 12.3 Å². The van der Waals surface area contributed by atoms with Crippen LogP contribution in [-0.4, -0.2) is 12.5 Å². The SMILES string of the molecule is O[B]c1c2ccccc2c(C2=CC=CCC2c2ccccc2)c2ccccc12. The van der Waals surface area contributed by atoms with Gasteiger partial charge in [0, 0.05) is 5.92 Å². The van der Waals surface area contributed by atoms with Crippen molar-refractivity contribution in [1.29, 1.82) is 0 Å². The fraction of sp³-hybridized carbons (Fsp3) is 0.0769. The molecule has 0 saturated carbocycles. The van der Waals surface area contributed by atoms with Gasteiger partial charge < -0.3 is 5.02 Å². The zero-order valence-corrected chi connectivity index (χ0v) is 15.5. The van der Waals surface area contributed by atoms with E-state index < -0.39 is 0 Å². The van der Waals surface area contributed by atoms with Gasteiger partial charge >= 0.3 is 7.48 Å². The minimum atomic E-state index is 0.321. The molecule has 0 aromatic heterocycles. The quantitative estimate of drug-likeness (QED) is 0.386. The lowest BCUT2D eigenvalue weighted by molar-refractivity contribution is 0.616. The van der Waals surface area contributed by atoms with Crippen molar-refractivity contribution in [2.24, 2.45) is 0 Å². The fourth-order valence-corrected chi connectivity index (χ4v) is 4.50. The average molecular weight is 359 g/mol. The summed E-state index contributed by atoms with van der Waals surface area (Å²) >= 11 is 0. The molecule has 1 aliphatic rings. The zero-order valence-electron chi connectivity index (χ0n) is 15.5. The number of fused-ring (bicyclic) bond motifs is 2. The van der Waals surface area contributed by atoms with Crippen molar-refractivity contribution in [1.82, 2.24) is 0 Å². The van der Waals surface area contributed by atoms with E-state index in [4.69, 9.17) is 0 Å². The predicted molar refractivity (Wildman–Crippen MR) is 120 cm³/mol. The summed E-state index contributed by atoms with van der Waals surface area (Å²) < 4.78 is 0. The Morgan fingerprint density at radius 2 is 1.29 bits per heavy atom. The van der Waals surface area contributed by atoms with Crippen molar-refractivity contribution >= 4 is 40.1 Å².